The first-order valence-electron chi connectivity index (χ1n) is 25.6. The van der Waals surface area contributed by atoms with Gasteiger partial charge in [-0.3, -0.25) is 9.59 Å². The molecule has 0 spiro atoms. The maximum absolute atomic E-state index is 12.4. The van der Waals surface area contributed by atoms with Crippen LogP contribution in [0.25, 0.3) is 0 Å². The number of nitrogens with one attached hydrogen (secondary N) is 1. The molecular weight excluding hydrogens is 719 g/mol. The number of unbranched alkanes of at least 4 members (excludes halogenated alkanes) is 32. The summed E-state index contributed by atoms with van der Waals surface area (Å²) in [7, 11) is 0. The molecule has 0 aliphatic heterocycles. The van der Waals surface area contributed by atoms with Gasteiger partial charge in [-0.1, -0.05) is 205 Å². The number of amides is 1. The predicted molar refractivity (Wildman–Crippen MR) is 250 cm³/mol. The van der Waals surface area contributed by atoms with Gasteiger partial charge in [-0.15, -0.1) is 0 Å². The van der Waals surface area contributed by atoms with Gasteiger partial charge < -0.3 is 20.3 Å². The van der Waals surface area contributed by atoms with Crippen LogP contribution in [0.5, 0.6) is 0 Å². The molecule has 6 nitrogen and oxygen atoms in total. The lowest BCUT2D eigenvalue weighted by Crippen LogP contribution is -2.45. The van der Waals surface area contributed by atoms with Crippen LogP contribution in [-0.4, -0.2) is 47.4 Å². The molecule has 6 heteroatoms. The number of esters is 1. The van der Waals surface area contributed by atoms with E-state index in [1.54, 1.807) is 0 Å². The fraction of sp³-hybridized carbons (Fsp3) is 0.885. The average Bonchev–Trinajstić information content (AvgIpc) is 3.22. The number of hydrogen-bond donors (Lipinski definition) is 3. The fourth-order valence-electron chi connectivity index (χ4n) is 7.74. The molecule has 0 heterocycles. The number of carbonyl (C=O) groups is 2. The Bertz CT molecular complexity index is 904. The van der Waals surface area contributed by atoms with Crippen molar-refractivity contribution in [1.82, 2.24) is 5.32 Å². The SMILES string of the molecule is CCCCCCCC/C=C\CCCCCCCCCCCC(=O)OCCCCCCCC/C=C\CCCCCC(=O)NC(CO)C(O)CCCCCCCCCCC. The summed E-state index contributed by atoms with van der Waals surface area (Å²) in [6.45, 7) is 4.88. The van der Waals surface area contributed by atoms with Crippen molar-refractivity contribution < 1.29 is 24.5 Å². The molecule has 342 valence electrons. The van der Waals surface area contributed by atoms with E-state index in [0.29, 0.717) is 25.9 Å². The molecule has 0 aliphatic rings. The zero-order valence-corrected chi connectivity index (χ0v) is 38.8. The largest absolute Gasteiger partial charge is 0.466 e. The summed E-state index contributed by atoms with van der Waals surface area (Å²) < 4.78 is 5.47. The molecule has 0 aromatic carbocycles. The first kappa shape index (κ1) is 56.3. The second-order valence-corrected chi connectivity index (χ2v) is 17.5. The molecule has 2 atom stereocenters. The highest BCUT2D eigenvalue weighted by atomic mass is 16.5. The normalized spacial score (nSPS) is 12.8. The number of allylic oxidation sites excluding steroid dienone is 4. The number of hydrogen-bond acceptors (Lipinski definition) is 5. The summed E-state index contributed by atoms with van der Waals surface area (Å²) in [5.74, 6) is -0.0815. The molecule has 0 saturated carbocycles. The minimum atomic E-state index is -0.679. The van der Waals surface area contributed by atoms with Crippen LogP contribution >= 0.6 is 0 Å². The molecule has 0 aromatic heterocycles. The van der Waals surface area contributed by atoms with Crippen molar-refractivity contribution in [3.8, 4) is 0 Å². The molecule has 2 unspecified atom stereocenters. The number of aliphatic hydroxyl groups excluding tert-OH is 2. The smallest absolute Gasteiger partial charge is 0.305 e. The first-order valence-corrected chi connectivity index (χ1v) is 25.6. The van der Waals surface area contributed by atoms with E-state index in [1.165, 1.54) is 167 Å². The fourth-order valence-corrected chi connectivity index (χ4v) is 7.74. The third-order valence-electron chi connectivity index (χ3n) is 11.7. The van der Waals surface area contributed by atoms with Crippen LogP contribution in [0.3, 0.4) is 0 Å². The van der Waals surface area contributed by atoms with Gasteiger partial charge in [0, 0.05) is 12.8 Å². The van der Waals surface area contributed by atoms with Crippen LogP contribution in [0.1, 0.15) is 271 Å². The van der Waals surface area contributed by atoms with Crippen molar-refractivity contribution in [2.45, 2.75) is 283 Å². The number of carbonyl (C=O) groups excluding carboxylic acids is 2. The summed E-state index contributed by atoms with van der Waals surface area (Å²) in [6, 6.07) is -0.559. The Morgan fingerprint density at radius 1 is 0.466 bits per heavy atom. The highest BCUT2D eigenvalue weighted by Crippen LogP contribution is 2.15. The van der Waals surface area contributed by atoms with Gasteiger partial charge >= 0.3 is 5.97 Å². The van der Waals surface area contributed by atoms with E-state index in [0.717, 1.165) is 70.6 Å². The molecular formula is C52H99NO5. The van der Waals surface area contributed by atoms with Gasteiger partial charge in [0.2, 0.25) is 5.91 Å². The zero-order chi connectivity index (χ0) is 42.3. The second kappa shape index (κ2) is 48.0. The van der Waals surface area contributed by atoms with E-state index in [1.807, 2.05) is 0 Å². The van der Waals surface area contributed by atoms with Crippen LogP contribution in [0.15, 0.2) is 24.3 Å². The van der Waals surface area contributed by atoms with Crippen LogP contribution in [-0.2, 0) is 14.3 Å². The molecule has 3 N–H and O–H groups in total. The van der Waals surface area contributed by atoms with Gasteiger partial charge in [0.05, 0.1) is 25.4 Å². The number of ether oxygens (including phenoxy) is 1. The molecule has 0 fully saturated rings. The maximum Gasteiger partial charge on any atom is 0.305 e. The molecule has 0 saturated heterocycles. The molecule has 58 heavy (non-hydrogen) atoms. The van der Waals surface area contributed by atoms with E-state index in [9.17, 15) is 19.8 Å². The zero-order valence-electron chi connectivity index (χ0n) is 38.8. The maximum atomic E-state index is 12.4. The molecule has 0 radical (unpaired) electrons. The average molecular weight is 818 g/mol. The summed E-state index contributed by atoms with van der Waals surface area (Å²) >= 11 is 0. The van der Waals surface area contributed by atoms with E-state index >= 15 is 0 Å². The molecule has 0 aromatic rings. The Kier molecular flexibility index (Phi) is 46.6. The van der Waals surface area contributed by atoms with Gasteiger partial charge in [0.25, 0.3) is 0 Å². The Morgan fingerprint density at radius 2 is 0.810 bits per heavy atom. The van der Waals surface area contributed by atoms with Crippen molar-refractivity contribution in [2.75, 3.05) is 13.2 Å². The lowest BCUT2D eigenvalue weighted by atomic mass is 10.0. The standard InChI is InChI=1S/C52H99NO5/c1-3-5-7-9-11-13-14-15-16-17-18-19-20-23-26-30-34-38-42-46-52(57)58-47-43-39-35-31-27-24-21-22-25-29-33-37-41-45-51(56)53-49(48-54)50(55)44-40-36-32-28-12-10-8-6-4-2/h15-16,22,25,49-50,54-55H,3-14,17-21,23-24,26-48H2,1-2H3,(H,53,56)/b16-15-,25-22-. The lowest BCUT2D eigenvalue weighted by Gasteiger charge is -2.22. The van der Waals surface area contributed by atoms with Gasteiger partial charge in [-0.2, -0.15) is 0 Å². The van der Waals surface area contributed by atoms with Crippen molar-refractivity contribution in [3.63, 3.8) is 0 Å². The Morgan fingerprint density at radius 3 is 1.24 bits per heavy atom. The monoisotopic (exact) mass is 818 g/mol. The van der Waals surface area contributed by atoms with Crippen molar-refractivity contribution in [1.29, 1.82) is 0 Å². The summed E-state index contributed by atoms with van der Waals surface area (Å²) in [6.07, 6.45) is 55.9. The summed E-state index contributed by atoms with van der Waals surface area (Å²) in [4.78, 5) is 24.4. The van der Waals surface area contributed by atoms with Gasteiger partial charge in [0.1, 0.15) is 0 Å². The Labute approximate surface area is 361 Å². The van der Waals surface area contributed by atoms with Gasteiger partial charge in [-0.25, -0.2) is 0 Å². The molecule has 0 bridgehead atoms. The predicted octanol–water partition coefficient (Wildman–Crippen LogP) is 15.1. The van der Waals surface area contributed by atoms with Gasteiger partial charge in [0.15, 0.2) is 0 Å². The van der Waals surface area contributed by atoms with E-state index < -0.39 is 12.1 Å². The van der Waals surface area contributed by atoms with Crippen LogP contribution < -0.4 is 5.32 Å². The topological polar surface area (TPSA) is 95.9 Å². The highest BCUT2D eigenvalue weighted by Gasteiger charge is 2.20. The van der Waals surface area contributed by atoms with E-state index in [4.69, 9.17) is 4.74 Å². The lowest BCUT2D eigenvalue weighted by molar-refractivity contribution is -0.143. The molecule has 0 rings (SSSR count). The third kappa shape index (κ3) is 43.9. The van der Waals surface area contributed by atoms with Crippen molar-refractivity contribution in [2.24, 2.45) is 0 Å². The number of rotatable bonds is 47. The number of aliphatic hydroxyl groups is 2. The Balaban J connectivity index is 3.45. The Hall–Kier alpha value is -1.66. The minimum Gasteiger partial charge on any atom is -0.466 e. The van der Waals surface area contributed by atoms with Gasteiger partial charge in [-0.05, 0) is 77.0 Å². The molecule has 0 aliphatic carbocycles. The summed E-state index contributed by atoms with van der Waals surface area (Å²) in [5, 5.41) is 23.0. The van der Waals surface area contributed by atoms with E-state index in [-0.39, 0.29) is 18.5 Å². The van der Waals surface area contributed by atoms with Crippen LogP contribution in [0.4, 0.5) is 0 Å². The van der Waals surface area contributed by atoms with Crippen LogP contribution in [0, 0.1) is 0 Å². The second-order valence-electron chi connectivity index (χ2n) is 17.5. The third-order valence-corrected chi connectivity index (χ3v) is 11.7. The minimum absolute atomic E-state index is 0.0137. The quantitative estimate of drug-likeness (QED) is 0.0323. The first-order chi connectivity index (χ1) is 28.5. The highest BCUT2D eigenvalue weighted by molar-refractivity contribution is 5.76. The molecule has 1 amide bonds. The summed E-state index contributed by atoms with van der Waals surface area (Å²) in [5.41, 5.74) is 0. The van der Waals surface area contributed by atoms with E-state index in [2.05, 4.69) is 43.5 Å². The van der Waals surface area contributed by atoms with Crippen molar-refractivity contribution >= 4 is 11.9 Å². The van der Waals surface area contributed by atoms with Crippen LogP contribution in [0.2, 0.25) is 0 Å². The van der Waals surface area contributed by atoms with Crippen molar-refractivity contribution in [3.05, 3.63) is 24.3 Å².